The second-order valence-electron chi connectivity index (χ2n) is 1.78. The summed E-state index contributed by atoms with van der Waals surface area (Å²) in [6.07, 6.45) is 2.05. The van der Waals surface area contributed by atoms with E-state index in [9.17, 15) is 4.79 Å². The summed E-state index contributed by atoms with van der Waals surface area (Å²) in [6.45, 7) is 0. The summed E-state index contributed by atoms with van der Waals surface area (Å²) in [6, 6.07) is 1.67. The van der Waals surface area contributed by atoms with Crippen LogP contribution < -0.4 is 0 Å². The molecule has 0 saturated heterocycles. The molecule has 0 amide bonds. The average molecular weight is 169 g/mol. The van der Waals surface area contributed by atoms with Crippen LogP contribution in [0, 0.1) is 0 Å². The van der Waals surface area contributed by atoms with Gasteiger partial charge in [-0.3, -0.25) is 9.94 Å². The van der Waals surface area contributed by atoms with Crippen molar-refractivity contribution in [2.75, 3.05) is 7.11 Å². The molecule has 0 bridgehead atoms. The molecule has 1 N–H and O–H groups in total. The topological polar surface area (TPSA) is 76.6 Å². The van der Waals surface area contributed by atoms with Gasteiger partial charge < -0.3 is 4.74 Å². The number of carbonyl (C=O) groups excluding carboxylic acids is 1. The molecular weight excluding hydrogens is 162 g/mol. The Labute approximate surface area is 68.2 Å². The van der Waals surface area contributed by atoms with Crippen LogP contribution in [-0.4, -0.2) is 29.7 Å². The molecule has 0 fully saturated rings. The molecule has 0 aliphatic rings. The molecule has 1 aromatic heterocycles. The molecule has 6 nitrogen and oxygen atoms in total. The van der Waals surface area contributed by atoms with Gasteiger partial charge in [-0.15, -0.1) is 0 Å². The summed E-state index contributed by atoms with van der Waals surface area (Å²) in [7, 11) is 1.20. The van der Waals surface area contributed by atoms with Crippen molar-refractivity contribution in [2.45, 2.75) is 0 Å². The fourth-order valence-electron chi connectivity index (χ4n) is 0.504. The minimum Gasteiger partial charge on any atom is -0.436 e. The average Bonchev–Trinajstić information content (AvgIpc) is 2.57. The maximum Gasteiger partial charge on any atom is 0.534 e. The van der Waals surface area contributed by atoms with Gasteiger partial charge in [0.2, 0.25) is 0 Å². The number of rotatable bonds is 2. The van der Waals surface area contributed by atoms with Gasteiger partial charge >= 0.3 is 6.16 Å². The Bertz CT molecular complexity index is 268. The van der Waals surface area contributed by atoms with E-state index >= 15 is 0 Å². The minimum absolute atomic E-state index is 0.568. The highest BCUT2D eigenvalue weighted by atomic mass is 16.8. The second kappa shape index (κ2) is 4.12. The fourth-order valence-corrected chi connectivity index (χ4v) is 0.504. The molecule has 1 aromatic rings. The number of hydrogen-bond donors (Lipinski definition) is 1. The summed E-state index contributed by atoms with van der Waals surface area (Å²) in [5.74, 6) is 0. The molecule has 1 rings (SSSR count). The number of methoxy groups -OCH3 is 1. The molecular formula is C6H7N3O3. The highest BCUT2D eigenvalue weighted by molar-refractivity contribution is 5.76. The molecule has 1 heterocycles. The van der Waals surface area contributed by atoms with Gasteiger partial charge in [0.1, 0.15) is 5.69 Å². The van der Waals surface area contributed by atoms with Crippen molar-refractivity contribution < 1.29 is 14.4 Å². The van der Waals surface area contributed by atoms with Crippen molar-refractivity contribution >= 4 is 12.4 Å². The minimum atomic E-state index is -0.859. The Morgan fingerprint density at radius 2 is 2.67 bits per heavy atom. The first-order chi connectivity index (χ1) is 5.83. The Morgan fingerprint density at radius 1 is 1.83 bits per heavy atom. The first-order valence-electron chi connectivity index (χ1n) is 3.11. The maximum atomic E-state index is 10.4. The monoisotopic (exact) mass is 169 g/mol. The first kappa shape index (κ1) is 8.25. The van der Waals surface area contributed by atoms with E-state index in [2.05, 4.69) is 24.9 Å². The predicted octanol–water partition coefficient (Wildman–Crippen LogP) is 0.527. The van der Waals surface area contributed by atoms with Crippen LogP contribution in [0.1, 0.15) is 5.69 Å². The number of carbonyl (C=O) groups is 1. The van der Waals surface area contributed by atoms with E-state index < -0.39 is 6.16 Å². The summed E-state index contributed by atoms with van der Waals surface area (Å²) in [5, 5.41) is 9.60. The van der Waals surface area contributed by atoms with Gasteiger partial charge in [0.05, 0.1) is 13.3 Å². The van der Waals surface area contributed by atoms with Gasteiger partial charge in [-0.25, -0.2) is 4.79 Å². The fraction of sp³-hybridized carbons (Fsp3) is 0.167. The number of aromatic amines is 1. The third-order valence-corrected chi connectivity index (χ3v) is 1.00. The van der Waals surface area contributed by atoms with Crippen LogP contribution in [0.2, 0.25) is 0 Å². The van der Waals surface area contributed by atoms with Gasteiger partial charge in [-0.2, -0.15) is 5.10 Å². The third-order valence-electron chi connectivity index (χ3n) is 1.00. The van der Waals surface area contributed by atoms with Gasteiger partial charge in [-0.1, -0.05) is 5.16 Å². The van der Waals surface area contributed by atoms with E-state index in [0.717, 1.165) is 0 Å². The van der Waals surface area contributed by atoms with Gasteiger partial charge in [0.25, 0.3) is 0 Å². The summed E-state index contributed by atoms with van der Waals surface area (Å²) < 4.78 is 4.17. The van der Waals surface area contributed by atoms with Crippen LogP contribution in [0.3, 0.4) is 0 Å². The molecule has 0 unspecified atom stereocenters. The van der Waals surface area contributed by atoms with Crippen LogP contribution in [0.4, 0.5) is 4.79 Å². The van der Waals surface area contributed by atoms with Gasteiger partial charge in [-0.05, 0) is 6.07 Å². The number of hydrogen-bond acceptors (Lipinski definition) is 5. The maximum absolute atomic E-state index is 10.4. The zero-order valence-corrected chi connectivity index (χ0v) is 6.35. The zero-order valence-electron chi connectivity index (χ0n) is 6.35. The normalized spacial score (nSPS) is 10.1. The Balaban J connectivity index is 2.37. The molecule has 0 aliphatic carbocycles. The van der Waals surface area contributed by atoms with Crippen molar-refractivity contribution in [2.24, 2.45) is 5.16 Å². The number of H-pyrrole nitrogens is 1. The van der Waals surface area contributed by atoms with Crippen LogP contribution in [0.15, 0.2) is 17.4 Å². The predicted molar refractivity (Wildman–Crippen MR) is 39.7 cm³/mol. The standard InChI is InChI=1S/C6H7N3O3/c1-11-6(10)12-8-4-5-2-3-7-9-5/h2-4H,1H3,(H,7,9). The van der Waals surface area contributed by atoms with Crippen molar-refractivity contribution in [1.82, 2.24) is 10.2 Å². The molecule has 64 valence electrons. The molecule has 12 heavy (non-hydrogen) atoms. The van der Waals surface area contributed by atoms with E-state index in [1.165, 1.54) is 13.3 Å². The number of aromatic nitrogens is 2. The van der Waals surface area contributed by atoms with Crippen molar-refractivity contribution in [1.29, 1.82) is 0 Å². The third kappa shape index (κ3) is 2.41. The molecule has 0 saturated carbocycles. The lowest BCUT2D eigenvalue weighted by Gasteiger charge is -1.90. The smallest absolute Gasteiger partial charge is 0.436 e. The quantitative estimate of drug-likeness (QED) is 0.303. The van der Waals surface area contributed by atoms with Crippen LogP contribution in [0.5, 0.6) is 0 Å². The number of nitrogens with zero attached hydrogens (tertiary/aromatic N) is 2. The SMILES string of the molecule is COC(=O)ON=Cc1cc[nH]n1. The van der Waals surface area contributed by atoms with E-state index in [1.807, 2.05) is 0 Å². The number of nitrogens with one attached hydrogen (secondary N) is 1. The summed E-state index contributed by atoms with van der Waals surface area (Å²) in [5.41, 5.74) is 0.568. The Morgan fingerprint density at radius 3 is 3.25 bits per heavy atom. The van der Waals surface area contributed by atoms with Gasteiger partial charge in [0.15, 0.2) is 0 Å². The van der Waals surface area contributed by atoms with E-state index in [-0.39, 0.29) is 0 Å². The lowest BCUT2D eigenvalue weighted by molar-refractivity contribution is 0.0759. The van der Waals surface area contributed by atoms with Crippen LogP contribution in [-0.2, 0) is 9.57 Å². The van der Waals surface area contributed by atoms with E-state index in [1.54, 1.807) is 12.3 Å². The van der Waals surface area contributed by atoms with Crippen molar-refractivity contribution in [3.8, 4) is 0 Å². The largest absolute Gasteiger partial charge is 0.534 e. The molecule has 0 spiro atoms. The molecule has 0 radical (unpaired) electrons. The van der Waals surface area contributed by atoms with Crippen LogP contribution >= 0.6 is 0 Å². The first-order valence-corrected chi connectivity index (χ1v) is 3.11. The number of oxime groups is 1. The van der Waals surface area contributed by atoms with E-state index in [4.69, 9.17) is 0 Å². The second-order valence-corrected chi connectivity index (χ2v) is 1.78. The summed E-state index contributed by atoms with van der Waals surface area (Å²) in [4.78, 5) is 14.6. The van der Waals surface area contributed by atoms with Crippen molar-refractivity contribution in [3.63, 3.8) is 0 Å². The molecule has 0 aliphatic heterocycles. The number of ether oxygens (including phenoxy) is 1. The molecule has 6 heteroatoms. The zero-order chi connectivity index (χ0) is 8.81. The molecule has 0 aromatic carbocycles. The summed E-state index contributed by atoms with van der Waals surface area (Å²) >= 11 is 0. The van der Waals surface area contributed by atoms with Crippen molar-refractivity contribution in [3.05, 3.63) is 18.0 Å². The van der Waals surface area contributed by atoms with Gasteiger partial charge in [0, 0.05) is 6.20 Å². The highest BCUT2D eigenvalue weighted by Gasteiger charge is 1.96. The highest BCUT2D eigenvalue weighted by Crippen LogP contribution is 1.87. The van der Waals surface area contributed by atoms with Crippen LogP contribution in [0.25, 0.3) is 0 Å². The molecule has 0 atom stereocenters. The Kier molecular flexibility index (Phi) is 2.83. The van der Waals surface area contributed by atoms with E-state index in [0.29, 0.717) is 5.69 Å². The Hall–Kier alpha value is -1.85. The lowest BCUT2D eigenvalue weighted by atomic mass is 10.5. The lowest BCUT2D eigenvalue weighted by Crippen LogP contribution is -1.98.